The molecule has 0 aliphatic carbocycles. The first kappa shape index (κ1) is 8.21. The Bertz CT molecular complexity index is 428. The molecule has 4 heteroatoms. The van der Waals surface area contributed by atoms with Crippen LogP contribution >= 0.6 is 0 Å². The van der Waals surface area contributed by atoms with Crippen LogP contribution in [0.3, 0.4) is 0 Å². The van der Waals surface area contributed by atoms with Crippen LogP contribution in [0.15, 0.2) is 24.3 Å². The third-order valence-electron chi connectivity index (χ3n) is 1.57. The summed E-state index contributed by atoms with van der Waals surface area (Å²) in [6.07, 6.45) is 0. The Labute approximate surface area is 86.4 Å². The number of fused-ring (bicyclic) bond motifs is 1. The van der Waals surface area contributed by atoms with E-state index in [1.807, 2.05) is 24.3 Å². The van der Waals surface area contributed by atoms with Crippen LogP contribution in [0.4, 0.5) is 0 Å². The second kappa shape index (κ2) is 3.15. The van der Waals surface area contributed by atoms with Crippen molar-refractivity contribution in [1.82, 2.24) is 9.97 Å². The summed E-state index contributed by atoms with van der Waals surface area (Å²) in [7, 11) is 0. The van der Waals surface area contributed by atoms with Gasteiger partial charge in [0.2, 0.25) is 0 Å². The molecule has 0 N–H and O–H groups in total. The van der Waals surface area contributed by atoms with Crippen molar-refractivity contribution in [3.8, 4) is 0 Å². The van der Waals surface area contributed by atoms with Crippen molar-refractivity contribution in [2.45, 2.75) is 0 Å². The SMILES string of the molecule is [SeH]c1nc([SeH])c2ccccc2n1. The Morgan fingerprint density at radius 2 is 1.75 bits per heavy atom. The minimum atomic E-state index is 0.761. The zero-order valence-corrected chi connectivity index (χ0v) is 9.85. The van der Waals surface area contributed by atoms with Crippen LogP contribution in [-0.4, -0.2) is 42.0 Å². The fraction of sp³-hybridized carbons (Fsp3) is 0. The molecule has 0 unspecified atom stereocenters. The summed E-state index contributed by atoms with van der Waals surface area (Å²) >= 11 is 4.82. The van der Waals surface area contributed by atoms with Crippen molar-refractivity contribution in [2.24, 2.45) is 0 Å². The van der Waals surface area contributed by atoms with Gasteiger partial charge in [-0.1, -0.05) is 0 Å². The van der Waals surface area contributed by atoms with Gasteiger partial charge in [0.1, 0.15) is 0 Å². The van der Waals surface area contributed by atoms with Gasteiger partial charge < -0.3 is 0 Å². The summed E-state index contributed by atoms with van der Waals surface area (Å²) in [6.45, 7) is 0. The van der Waals surface area contributed by atoms with Gasteiger partial charge in [-0.25, -0.2) is 0 Å². The van der Waals surface area contributed by atoms with Crippen molar-refractivity contribution in [3.05, 3.63) is 24.3 Å². The average Bonchev–Trinajstić information content (AvgIpc) is 2.04. The predicted molar refractivity (Wildman–Crippen MR) is 53.1 cm³/mol. The molecular formula is C8H6N2Se2. The molecule has 2 nitrogen and oxygen atoms in total. The zero-order chi connectivity index (χ0) is 8.55. The van der Waals surface area contributed by atoms with E-state index in [0.717, 1.165) is 20.2 Å². The summed E-state index contributed by atoms with van der Waals surface area (Å²) in [5.74, 6) is 0. The Balaban J connectivity index is 2.89. The first-order valence-electron chi connectivity index (χ1n) is 3.42. The summed E-state index contributed by atoms with van der Waals surface area (Å²) < 4.78 is 1.74. The molecule has 0 bridgehead atoms. The van der Waals surface area contributed by atoms with Gasteiger partial charge in [0, 0.05) is 0 Å². The van der Waals surface area contributed by atoms with E-state index < -0.39 is 0 Å². The molecule has 0 fully saturated rings. The average molecular weight is 288 g/mol. The van der Waals surface area contributed by atoms with E-state index >= 15 is 0 Å². The van der Waals surface area contributed by atoms with E-state index in [-0.39, 0.29) is 0 Å². The molecule has 12 heavy (non-hydrogen) atoms. The fourth-order valence-electron chi connectivity index (χ4n) is 1.05. The standard InChI is InChI=1S/C8H6N2Se2/c11-7-5-3-1-2-4-6(5)9-8(12)10-7/h1-4H,(H2,9,10,11,12). The van der Waals surface area contributed by atoms with Crippen molar-refractivity contribution in [3.63, 3.8) is 0 Å². The quantitative estimate of drug-likeness (QED) is 0.562. The van der Waals surface area contributed by atoms with Crippen molar-refractivity contribution in [1.29, 1.82) is 0 Å². The third kappa shape index (κ3) is 1.39. The van der Waals surface area contributed by atoms with Crippen LogP contribution in [-0.2, 0) is 0 Å². The van der Waals surface area contributed by atoms with Gasteiger partial charge in [-0.05, 0) is 0 Å². The summed E-state index contributed by atoms with van der Waals surface area (Å²) in [4.78, 5) is 8.52. The van der Waals surface area contributed by atoms with Gasteiger partial charge >= 0.3 is 86.5 Å². The van der Waals surface area contributed by atoms with Crippen molar-refractivity contribution < 1.29 is 0 Å². The van der Waals surface area contributed by atoms with Crippen LogP contribution in [0.5, 0.6) is 0 Å². The Kier molecular flexibility index (Phi) is 2.16. The molecule has 0 radical (unpaired) electrons. The van der Waals surface area contributed by atoms with Gasteiger partial charge in [-0.15, -0.1) is 0 Å². The molecule has 1 aromatic carbocycles. The molecule has 0 aliphatic rings. The van der Waals surface area contributed by atoms with E-state index in [1.165, 1.54) is 0 Å². The van der Waals surface area contributed by atoms with Crippen molar-refractivity contribution in [2.75, 3.05) is 0 Å². The molecule has 0 saturated carbocycles. The summed E-state index contributed by atoms with van der Waals surface area (Å²) in [5, 5.41) is 1.10. The molecule has 1 aromatic heterocycles. The predicted octanol–water partition coefficient (Wildman–Crippen LogP) is -1.32. The van der Waals surface area contributed by atoms with Gasteiger partial charge in [-0.2, -0.15) is 0 Å². The molecular weight excluding hydrogens is 282 g/mol. The number of hydrogen-bond acceptors (Lipinski definition) is 2. The number of hydrogen-bond donors (Lipinski definition) is 0. The second-order valence-corrected chi connectivity index (χ2v) is 4.09. The van der Waals surface area contributed by atoms with E-state index in [4.69, 9.17) is 0 Å². The van der Waals surface area contributed by atoms with E-state index in [1.54, 1.807) is 0 Å². The summed E-state index contributed by atoms with van der Waals surface area (Å²) in [5.41, 5.74) is 0.999. The number of nitrogens with zero attached hydrogens (tertiary/aromatic N) is 2. The number of para-hydroxylation sites is 1. The van der Waals surface area contributed by atoms with Gasteiger partial charge in [0.15, 0.2) is 0 Å². The normalized spacial score (nSPS) is 10.5. The minimum absolute atomic E-state index is 0.761. The Morgan fingerprint density at radius 1 is 1.00 bits per heavy atom. The zero-order valence-electron chi connectivity index (χ0n) is 6.10. The van der Waals surface area contributed by atoms with Gasteiger partial charge in [-0.3, -0.25) is 0 Å². The molecule has 0 saturated heterocycles. The molecule has 0 atom stereocenters. The van der Waals surface area contributed by atoms with E-state index in [2.05, 4.69) is 42.0 Å². The molecule has 0 aliphatic heterocycles. The fourth-order valence-corrected chi connectivity index (χ4v) is 2.45. The van der Waals surface area contributed by atoms with Gasteiger partial charge in [0.05, 0.1) is 0 Å². The van der Waals surface area contributed by atoms with Crippen molar-refractivity contribution >= 4 is 52.2 Å². The van der Waals surface area contributed by atoms with Gasteiger partial charge in [0.25, 0.3) is 0 Å². The maximum absolute atomic E-state index is 4.29. The molecule has 2 rings (SSSR count). The van der Waals surface area contributed by atoms with E-state index in [9.17, 15) is 0 Å². The van der Waals surface area contributed by atoms with E-state index in [0.29, 0.717) is 0 Å². The monoisotopic (exact) mass is 290 g/mol. The van der Waals surface area contributed by atoms with Crippen LogP contribution in [0.2, 0.25) is 0 Å². The second-order valence-electron chi connectivity index (χ2n) is 2.36. The van der Waals surface area contributed by atoms with Crippen LogP contribution in [0.25, 0.3) is 10.9 Å². The third-order valence-corrected chi connectivity index (χ3v) is 2.71. The Morgan fingerprint density at radius 3 is 2.58 bits per heavy atom. The number of rotatable bonds is 0. The molecule has 0 spiro atoms. The first-order chi connectivity index (χ1) is 5.77. The first-order valence-corrected chi connectivity index (χ1v) is 5.30. The molecule has 1 heterocycles. The number of aromatic nitrogens is 2. The maximum atomic E-state index is 4.29. The number of benzene rings is 1. The van der Waals surface area contributed by atoms with Crippen LogP contribution in [0, 0.1) is 0 Å². The molecule has 2 aromatic rings. The molecule has 0 amide bonds. The van der Waals surface area contributed by atoms with Crippen LogP contribution < -0.4 is 9.32 Å². The molecule has 60 valence electrons. The topological polar surface area (TPSA) is 25.8 Å². The summed E-state index contributed by atoms with van der Waals surface area (Å²) in [6, 6.07) is 7.99. The Hall–Kier alpha value is -0.401. The van der Waals surface area contributed by atoms with Crippen LogP contribution in [0.1, 0.15) is 0 Å².